The number of pyridine rings is 1. The predicted octanol–water partition coefficient (Wildman–Crippen LogP) is 1.94. The Morgan fingerprint density at radius 1 is 1.24 bits per heavy atom. The van der Waals surface area contributed by atoms with Crippen molar-refractivity contribution in [1.29, 1.82) is 0 Å². The number of hydrogen-bond donors (Lipinski definition) is 1. The van der Waals surface area contributed by atoms with Crippen molar-refractivity contribution < 1.29 is 0 Å². The molecule has 0 radical (unpaired) electrons. The van der Waals surface area contributed by atoms with Gasteiger partial charge in [0, 0.05) is 31.9 Å². The highest BCUT2D eigenvalue weighted by Crippen LogP contribution is 2.22. The van der Waals surface area contributed by atoms with Gasteiger partial charge in [0.25, 0.3) is 0 Å². The highest BCUT2D eigenvalue weighted by atomic mass is 15.3. The molecular formula is C15H20N6. The largest absolute Gasteiger partial charge is 0.369 e. The van der Waals surface area contributed by atoms with Crippen LogP contribution in [0.4, 0.5) is 5.95 Å². The van der Waals surface area contributed by atoms with Crippen molar-refractivity contribution in [3.63, 3.8) is 0 Å². The molecule has 6 nitrogen and oxygen atoms in total. The lowest BCUT2D eigenvalue weighted by molar-refractivity contribution is 0.668. The molecule has 110 valence electrons. The first-order valence-corrected chi connectivity index (χ1v) is 7.28. The van der Waals surface area contributed by atoms with Gasteiger partial charge in [-0.2, -0.15) is 5.10 Å². The van der Waals surface area contributed by atoms with E-state index in [-0.39, 0.29) is 0 Å². The van der Waals surface area contributed by atoms with Crippen molar-refractivity contribution in [2.24, 2.45) is 7.05 Å². The van der Waals surface area contributed by atoms with Gasteiger partial charge < -0.3 is 5.73 Å². The van der Waals surface area contributed by atoms with Crippen LogP contribution in [0.3, 0.4) is 0 Å². The van der Waals surface area contributed by atoms with Gasteiger partial charge in [-0.05, 0) is 18.6 Å². The van der Waals surface area contributed by atoms with Crippen molar-refractivity contribution in [2.45, 2.75) is 32.7 Å². The number of rotatable bonds is 5. The summed E-state index contributed by atoms with van der Waals surface area (Å²) in [5.41, 5.74) is 10.1. The first-order chi connectivity index (χ1) is 10.2. The second kappa shape index (κ2) is 5.55. The molecule has 3 aromatic heterocycles. The molecule has 2 N–H and O–H groups in total. The van der Waals surface area contributed by atoms with Gasteiger partial charge in [0.05, 0.1) is 5.69 Å². The fourth-order valence-corrected chi connectivity index (χ4v) is 2.66. The minimum absolute atomic E-state index is 0.547. The number of hydrogen-bond acceptors (Lipinski definition) is 4. The number of fused-ring (bicyclic) bond motifs is 1. The van der Waals surface area contributed by atoms with Crippen LogP contribution in [0.15, 0.2) is 24.4 Å². The van der Waals surface area contributed by atoms with E-state index in [1.54, 1.807) is 0 Å². The quantitative estimate of drug-likeness (QED) is 0.777. The number of aryl methyl sites for hydroxylation is 4. The molecule has 0 saturated carbocycles. The molecule has 6 heteroatoms. The number of aromatic nitrogens is 5. The summed E-state index contributed by atoms with van der Waals surface area (Å²) in [4.78, 5) is 8.85. The number of nitrogen functional groups attached to an aromatic ring is 1. The maximum atomic E-state index is 6.09. The molecule has 0 saturated heterocycles. The van der Waals surface area contributed by atoms with Gasteiger partial charge in [-0.25, -0.2) is 4.98 Å². The molecule has 0 aromatic carbocycles. The number of anilines is 1. The first kappa shape index (κ1) is 13.6. The van der Waals surface area contributed by atoms with Gasteiger partial charge in [0.1, 0.15) is 5.52 Å². The highest BCUT2D eigenvalue weighted by Gasteiger charge is 2.17. The summed E-state index contributed by atoms with van der Waals surface area (Å²) in [5.74, 6) is 0.547. The Labute approximate surface area is 123 Å². The van der Waals surface area contributed by atoms with Crippen LogP contribution in [-0.2, 0) is 26.4 Å². The van der Waals surface area contributed by atoms with Crippen LogP contribution in [0.2, 0.25) is 0 Å². The van der Waals surface area contributed by atoms with E-state index in [0.29, 0.717) is 5.95 Å². The molecule has 0 amide bonds. The van der Waals surface area contributed by atoms with Gasteiger partial charge in [-0.3, -0.25) is 14.2 Å². The van der Waals surface area contributed by atoms with E-state index < -0.39 is 0 Å². The lowest BCUT2D eigenvalue weighted by Gasteiger charge is -2.06. The standard InChI is InChI=1S/C15H20N6/c1-3-6-12-13-14(20(2)19-12)21(15(16)18-13)10-8-11-7-4-5-9-17-11/h4-5,7,9H,3,6,8,10H2,1-2H3,(H2,16,18). The molecule has 0 atom stereocenters. The van der Waals surface area contributed by atoms with Crippen molar-refractivity contribution in [3.05, 3.63) is 35.8 Å². The molecule has 3 heterocycles. The second-order valence-electron chi connectivity index (χ2n) is 5.19. The smallest absolute Gasteiger partial charge is 0.202 e. The lowest BCUT2D eigenvalue weighted by atomic mass is 10.2. The Bertz CT molecular complexity index is 740. The molecule has 0 fully saturated rings. The van der Waals surface area contributed by atoms with Crippen molar-refractivity contribution >= 4 is 17.1 Å². The summed E-state index contributed by atoms with van der Waals surface area (Å²) >= 11 is 0. The molecule has 3 rings (SSSR count). The van der Waals surface area contributed by atoms with Crippen LogP contribution in [0.25, 0.3) is 11.2 Å². The maximum absolute atomic E-state index is 6.09. The Hall–Kier alpha value is -2.37. The lowest BCUT2D eigenvalue weighted by Crippen LogP contribution is -2.09. The monoisotopic (exact) mass is 284 g/mol. The molecule has 0 unspecified atom stereocenters. The first-order valence-electron chi connectivity index (χ1n) is 7.28. The molecular weight excluding hydrogens is 264 g/mol. The van der Waals surface area contributed by atoms with Crippen LogP contribution < -0.4 is 5.73 Å². The summed E-state index contributed by atoms with van der Waals surface area (Å²) in [7, 11) is 1.94. The Morgan fingerprint density at radius 3 is 2.81 bits per heavy atom. The summed E-state index contributed by atoms with van der Waals surface area (Å²) in [6, 6.07) is 5.94. The van der Waals surface area contributed by atoms with Gasteiger partial charge in [-0.1, -0.05) is 19.4 Å². The van der Waals surface area contributed by atoms with E-state index in [1.165, 1.54) is 0 Å². The van der Waals surface area contributed by atoms with Crippen LogP contribution in [0.5, 0.6) is 0 Å². The maximum Gasteiger partial charge on any atom is 0.202 e. The number of nitrogens with zero attached hydrogens (tertiary/aromatic N) is 5. The third kappa shape index (κ3) is 2.49. The third-order valence-corrected chi connectivity index (χ3v) is 3.63. The molecule has 0 spiro atoms. The van der Waals surface area contributed by atoms with Gasteiger partial charge >= 0.3 is 0 Å². The zero-order valence-corrected chi connectivity index (χ0v) is 12.5. The minimum Gasteiger partial charge on any atom is -0.369 e. The highest BCUT2D eigenvalue weighted by molar-refractivity contribution is 5.77. The van der Waals surface area contributed by atoms with Gasteiger partial charge in [0.2, 0.25) is 5.95 Å². The minimum atomic E-state index is 0.547. The van der Waals surface area contributed by atoms with Gasteiger partial charge in [-0.15, -0.1) is 0 Å². The van der Waals surface area contributed by atoms with Crippen LogP contribution in [0.1, 0.15) is 24.7 Å². The fraction of sp³-hybridized carbons (Fsp3) is 0.400. The fourth-order valence-electron chi connectivity index (χ4n) is 2.66. The SMILES string of the molecule is CCCc1nn(C)c2c1nc(N)n2CCc1ccccn1. The van der Waals surface area contributed by atoms with E-state index in [0.717, 1.165) is 48.4 Å². The predicted molar refractivity (Wildman–Crippen MR) is 82.8 cm³/mol. The van der Waals surface area contributed by atoms with Crippen LogP contribution >= 0.6 is 0 Å². The second-order valence-corrected chi connectivity index (χ2v) is 5.19. The summed E-state index contributed by atoms with van der Waals surface area (Å²) in [6.07, 6.45) is 4.61. The zero-order valence-electron chi connectivity index (χ0n) is 12.5. The van der Waals surface area contributed by atoms with E-state index in [1.807, 2.05) is 40.7 Å². The van der Waals surface area contributed by atoms with E-state index >= 15 is 0 Å². The van der Waals surface area contributed by atoms with Crippen molar-refractivity contribution in [1.82, 2.24) is 24.3 Å². The number of nitrogens with two attached hydrogens (primary N) is 1. The Kier molecular flexibility index (Phi) is 3.60. The van der Waals surface area contributed by atoms with E-state index in [4.69, 9.17) is 5.73 Å². The molecule has 21 heavy (non-hydrogen) atoms. The summed E-state index contributed by atoms with van der Waals surface area (Å²) < 4.78 is 3.90. The molecule has 0 aliphatic rings. The zero-order chi connectivity index (χ0) is 14.8. The molecule has 0 bridgehead atoms. The topological polar surface area (TPSA) is 74.6 Å². The average Bonchev–Trinajstić information content (AvgIpc) is 2.96. The Morgan fingerprint density at radius 2 is 2.10 bits per heavy atom. The van der Waals surface area contributed by atoms with Crippen molar-refractivity contribution in [3.8, 4) is 0 Å². The van der Waals surface area contributed by atoms with E-state index in [9.17, 15) is 0 Å². The van der Waals surface area contributed by atoms with Gasteiger partial charge in [0.15, 0.2) is 5.65 Å². The average molecular weight is 284 g/mol. The summed E-state index contributed by atoms with van der Waals surface area (Å²) in [5, 5.41) is 4.56. The van der Waals surface area contributed by atoms with E-state index in [2.05, 4.69) is 22.0 Å². The van der Waals surface area contributed by atoms with Crippen LogP contribution in [-0.4, -0.2) is 24.3 Å². The molecule has 3 aromatic rings. The van der Waals surface area contributed by atoms with Crippen LogP contribution in [0, 0.1) is 0 Å². The Balaban J connectivity index is 1.93. The third-order valence-electron chi connectivity index (χ3n) is 3.63. The van der Waals surface area contributed by atoms with Crippen molar-refractivity contribution in [2.75, 3.05) is 5.73 Å². The normalized spacial score (nSPS) is 11.3. The summed E-state index contributed by atoms with van der Waals surface area (Å²) in [6.45, 7) is 2.90. The molecule has 0 aliphatic carbocycles. The number of imidazole rings is 1. The molecule has 0 aliphatic heterocycles.